The fourth-order valence-corrected chi connectivity index (χ4v) is 4.35. The molecule has 0 spiro atoms. The molecule has 6 nitrogen and oxygen atoms in total. The molecule has 0 atom stereocenters. The molecule has 0 aliphatic rings. The third-order valence-electron chi connectivity index (χ3n) is 5.23. The monoisotopic (exact) mass is 479 g/mol. The number of hydrogen-bond donors (Lipinski definition) is 1. The van der Waals surface area contributed by atoms with E-state index in [-0.39, 0.29) is 12.5 Å². The van der Waals surface area contributed by atoms with Crippen LogP contribution in [0.1, 0.15) is 48.2 Å². The summed E-state index contributed by atoms with van der Waals surface area (Å²) in [6.07, 6.45) is 3.20. The summed E-state index contributed by atoms with van der Waals surface area (Å²) in [5, 5.41) is 5.07. The average molecular weight is 480 g/mol. The molecule has 0 saturated carbocycles. The van der Waals surface area contributed by atoms with Crippen LogP contribution in [0.25, 0.3) is 17.2 Å². The predicted molar refractivity (Wildman–Crippen MR) is 137 cm³/mol. The number of thiophene rings is 1. The van der Waals surface area contributed by atoms with Gasteiger partial charge in [0.15, 0.2) is 11.5 Å². The van der Waals surface area contributed by atoms with Gasteiger partial charge in [0.1, 0.15) is 10.6 Å². The highest BCUT2D eigenvalue weighted by Gasteiger charge is 2.23. The number of rotatable bonds is 9. The maximum Gasteiger partial charge on any atom is 0.341 e. The van der Waals surface area contributed by atoms with E-state index in [1.54, 1.807) is 39.4 Å². The van der Waals surface area contributed by atoms with Crippen molar-refractivity contribution < 1.29 is 23.8 Å². The van der Waals surface area contributed by atoms with Crippen molar-refractivity contribution in [3.8, 4) is 22.6 Å². The number of esters is 1. The van der Waals surface area contributed by atoms with Crippen LogP contribution in [0, 0.1) is 0 Å². The minimum atomic E-state index is -0.503. The van der Waals surface area contributed by atoms with Gasteiger partial charge < -0.3 is 19.5 Å². The SMILES string of the molecule is CCOC(=O)c1c(-c2ccc(OC)c(OC)c2)csc1NC(=O)/C=C/c1ccc(C(C)C)cc1. The van der Waals surface area contributed by atoms with E-state index in [4.69, 9.17) is 14.2 Å². The van der Waals surface area contributed by atoms with Crippen LogP contribution >= 0.6 is 11.3 Å². The number of hydrogen-bond acceptors (Lipinski definition) is 6. The lowest BCUT2D eigenvalue weighted by molar-refractivity contribution is -0.111. The van der Waals surface area contributed by atoms with E-state index in [1.807, 2.05) is 23.6 Å². The van der Waals surface area contributed by atoms with Gasteiger partial charge in [-0.3, -0.25) is 4.79 Å². The van der Waals surface area contributed by atoms with Gasteiger partial charge in [0.05, 0.1) is 20.8 Å². The largest absolute Gasteiger partial charge is 0.493 e. The van der Waals surface area contributed by atoms with Crippen molar-refractivity contribution in [3.05, 3.63) is 70.6 Å². The summed E-state index contributed by atoms with van der Waals surface area (Å²) in [7, 11) is 3.11. The lowest BCUT2D eigenvalue weighted by atomic mass is 10.0. The molecule has 3 rings (SSSR count). The summed E-state index contributed by atoms with van der Waals surface area (Å²) in [4.78, 5) is 25.4. The first-order valence-corrected chi connectivity index (χ1v) is 11.9. The zero-order valence-corrected chi connectivity index (χ0v) is 20.8. The number of methoxy groups -OCH3 is 2. The first-order valence-electron chi connectivity index (χ1n) is 11.0. The molecule has 0 saturated heterocycles. The van der Waals surface area contributed by atoms with Crippen LogP contribution in [0.2, 0.25) is 0 Å². The van der Waals surface area contributed by atoms with Gasteiger partial charge in [-0.2, -0.15) is 0 Å². The Morgan fingerprint density at radius 2 is 1.74 bits per heavy atom. The summed E-state index contributed by atoms with van der Waals surface area (Å²) in [6, 6.07) is 13.4. The Bertz CT molecular complexity index is 1180. The second-order valence-corrected chi connectivity index (χ2v) is 8.67. The number of ether oxygens (including phenoxy) is 3. The minimum Gasteiger partial charge on any atom is -0.493 e. The Morgan fingerprint density at radius 1 is 1.03 bits per heavy atom. The molecule has 178 valence electrons. The molecule has 0 radical (unpaired) electrons. The van der Waals surface area contributed by atoms with E-state index in [1.165, 1.54) is 23.0 Å². The van der Waals surface area contributed by atoms with Gasteiger partial charge in [-0.25, -0.2) is 4.79 Å². The van der Waals surface area contributed by atoms with Crippen LogP contribution in [-0.4, -0.2) is 32.7 Å². The normalized spacial score (nSPS) is 11.0. The second kappa shape index (κ2) is 11.5. The van der Waals surface area contributed by atoms with Crippen LogP contribution in [0.5, 0.6) is 11.5 Å². The van der Waals surface area contributed by atoms with E-state index in [0.717, 1.165) is 11.1 Å². The van der Waals surface area contributed by atoms with Crippen molar-refractivity contribution in [2.45, 2.75) is 26.7 Å². The molecule has 3 aromatic rings. The Hall–Kier alpha value is -3.58. The molecule has 0 fully saturated rings. The Kier molecular flexibility index (Phi) is 8.49. The van der Waals surface area contributed by atoms with Gasteiger partial charge in [-0.05, 0) is 47.7 Å². The summed E-state index contributed by atoms with van der Waals surface area (Å²) < 4.78 is 16.0. The van der Waals surface area contributed by atoms with Crippen LogP contribution in [0.15, 0.2) is 53.9 Å². The van der Waals surface area contributed by atoms with Gasteiger partial charge in [0, 0.05) is 17.0 Å². The Labute approximate surface area is 204 Å². The molecule has 2 aromatic carbocycles. The third-order valence-corrected chi connectivity index (χ3v) is 6.13. The lowest BCUT2D eigenvalue weighted by Gasteiger charge is -2.11. The molecule has 0 bridgehead atoms. The van der Waals surface area contributed by atoms with E-state index >= 15 is 0 Å². The Morgan fingerprint density at radius 3 is 2.35 bits per heavy atom. The topological polar surface area (TPSA) is 73.9 Å². The average Bonchev–Trinajstić information content (AvgIpc) is 3.26. The summed E-state index contributed by atoms with van der Waals surface area (Å²) >= 11 is 1.27. The minimum absolute atomic E-state index is 0.222. The molecule has 0 unspecified atom stereocenters. The fourth-order valence-electron chi connectivity index (χ4n) is 3.39. The third kappa shape index (κ3) is 5.85. The number of nitrogens with one attached hydrogen (secondary N) is 1. The van der Waals surface area contributed by atoms with Gasteiger partial charge >= 0.3 is 5.97 Å². The first-order chi connectivity index (χ1) is 16.4. The number of benzene rings is 2. The molecule has 1 aromatic heterocycles. The number of carbonyl (C=O) groups excluding carboxylic acids is 2. The van der Waals surface area contributed by atoms with Crippen LogP contribution in [0.4, 0.5) is 5.00 Å². The molecule has 7 heteroatoms. The summed E-state index contributed by atoms with van der Waals surface area (Å²) in [5.41, 5.74) is 3.86. The smallest absolute Gasteiger partial charge is 0.341 e. The molecule has 0 aliphatic heterocycles. The highest BCUT2D eigenvalue weighted by Crippen LogP contribution is 2.39. The van der Waals surface area contributed by atoms with E-state index < -0.39 is 5.97 Å². The highest BCUT2D eigenvalue weighted by molar-refractivity contribution is 7.15. The molecular weight excluding hydrogens is 450 g/mol. The summed E-state index contributed by atoms with van der Waals surface area (Å²) in [6.45, 7) is 6.24. The zero-order valence-electron chi connectivity index (χ0n) is 20.0. The van der Waals surface area contributed by atoms with E-state index in [9.17, 15) is 9.59 Å². The second-order valence-electron chi connectivity index (χ2n) is 7.79. The molecule has 1 heterocycles. The number of carbonyl (C=O) groups is 2. The van der Waals surface area contributed by atoms with E-state index in [2.05, 4.69) is 31.3 Å². The van der Waals surface area contributed by atoms with Gasteiger partial charge in [-0.15, -0.1) is 11.3 Å². The highest BCUT2D eigenvalue weighted by atomic mass is 32.1. The van der Waals surface area contributed by atoms with Crippen molar-refractivity contribution in [2.75, 3.05) is 26.1 Å². The molecular formula is C27H29NO5S. The predicted octanol–water partition coefficient (Wildman–Crippen LogP) is 6.38. The van der Waals surface area contributed by atoms with Gasteiger partial charge in [0.2, 0.25) is 5.91 Å². The Balaban J connectivity index is 1.87. The van der Waals surface area contributed by atoms with Crippen molar-refractivity contribution in [2.24, 2.45) is 0 Å². The van der Waals surface area contributed by atoms with Crippen LogP contribution in [-0.2, 0) is 9.53 Å². The maximum atomic E-state index is 12.8. The molecule has 34 heavy (non-hydrogen) atoms. The first kappa shape index (κ1) is 25.1. The van der Waals surface area contributed by atoms with E-state index in [0.29, 0.717) is 33.5 Å². The molecule has 0 aliphatic carbocycles. The lowest BCUT2D eigenvalue weighted by Crippen LogP contribution is -2.12. The van der Waals surface area contributed by atoms with Crippen LogP contribution in [0.3, 0.4) is 0 Å². The van der Waals surface area contributed by atoms with Crippen molar-refractivity contribution in [3.63, 3.8) is 0 Å². The summed E-state index contributed by atoms with van der Waals surface area (Å²) in [5.74, 6) is 0.731. The quantitative estimate of drug-likeness (QED) is 0.285. The van der Waals surface area contributed by atoms with Crippen molar-refractivity contribution >= 4 is 34.3 Å². The molecule has 1 N–H and O–H groups in total. The van der Waals surface area contributed by atoms with Crippen LogP contribution < -0.4 is 14.8 Å². The van der Waals surface area contributed by atoms with Gasteiger partial charge in [0.25, 0.3) is 0 Å². The maximum absolute atomic E-state index is 12.8. The number of anilines is 1. The number of amides is 1. The fraction of sp³-hybridized carbons (Fsp3) is 0.259. The standard InChI is InChI=1S/C27H29NO5S/c1-6-33-27(30)25-21(20-12-13-22(31-4)23(15-20)32-5)16-34-26(25)28-24(29)14-9-18-7-10-19(11-8-18)17(2)3/h7-17H,6H2,1-5H3,(H,28,29)/b14-9+. The van der Waals surface area contributed by atoms with Gasteiger partial charge in [-0.1, -0.05) is 44.2 Å². The van der Waals surface area contributed by atoms with Crippen molar-refractivity contribution in [1.29, 1.82) is 0 Å². The zero-order chi connectivity index (χ0) is 24.7. The molecule has 1 amide bonds. The van der Waals surface area contributed by atoms with Crippen molar-refractivity contribution in [1.82, 2.24) is 0 Å².